The van der Waals surface area contributed by atoms with Crippen LogP contribution in [0.2, 0.25) is 0 Å². The average Bonchev–Trinajstić information content (AvgIpc) is 2.47. The molecule has 1 unspecified atom stereocenters. The second-order valence-corrected chi connectivity index (χ2v) is 2.89. The van der Waals surface area contributed by atoms with Crippen molar-refractivity contribution < 1.29 is 5.11 Å². The minimum atomic E-state index is -0.850. The number of nitrogens with one attached hydrogen (secondary N) is 2. The van der Waals surface area contributed by atoms with Crippen LogP contribution in [-0.2, 0) is 0 Å². The molecule has 0 aliphatic carbocycles. The first-order chi connectivity index (χ1) is 6.59. The van der Waals surface area contributed by atoms with Gasteiger partial charge in [0.2, 0.25) is 0 Å². The van der Waals surface area contributed by atoms with Gasteiger partial charge in [-0.15, -0.1) is 0 Å². The van der Waals surface area contributed by atoms with E-state index in [1.165, 1.54) is 17.8 Å². The highest BCUT2D eigenvalue weighted by Gasteiger charge is 2.09. The minimum Gasteiger partial charge on any atom is -0.373 e. The van der Waals surface area contributed by atoms with Gasteiger partial charge in [-0.3, -0.25) is 19.3 Å². The van der Waals surface area contributed by atoms with Crippen LogP contribution < -0.4 is 11.2 Å². The largest absolute Gasteiger partial charge is 0.373 e. The molecule has 3 N–H and O–H groups in total. The molecule has 0 aliphatic heterocycles. The molecule has 2 aromatic rings. The quantitative estimate of drug-likeness (QED) is 0.539. The van der Waals surface area contributed by atoms with Crippen molar-refractivity contribution in [1.82, 2.24) is 19.5 Å². The molecule has 0 aromatic carbocycles. The molecule has 2 rings (SSSR count). The Morgan fingerprint density at radius 2 is 2.21 bits per heavy atom. The summed E-state index contributed by atoms with van der Waals surface area (Å²) in [6.07, 6.45) is 0.443. The summed E-state index contributed by atoms with van der Waals surface area (Å²) in [6, 6.07) is 0. The summed E-state index contributed by atoms with van der Waals surface area (Å²) in [4.78, 5) is 30.3. The van der Waals surface area contributed by atoms with Crippen LogP contribution in [0.4, 0.5) is 0 Å². The Kier molecular flexibility index (Phi) is 1.74. The zero-order chi connectivity index (χ0) is 10.3. The molecule has 0 aliphatic rings. The molecule has 14 heavy (non-hydrogen) atoms. The SMILES string of the molecule is CC(O)n1cnc2c(=O)[nH]c(=O)[nH]c21. The van der Waals surface area contributed by atoms with Crippen LogP contribution in [-0.4, -0.2) is 24.6 Å². The van der Waals surface area contributed by atoms with E-state index in [1.54, 1.807) is 0 Å². The Bertz CT molecular complexity index is 576. The first-order valence-corrected chi connectivity index (χ1v) is 3.97. The van der Waals surface area contributed by atoms with Crippen molar-refractivity contribution >= 4 is 11.2 Å². The molecule has 7 nitrogen and oxygen atoms in total. The number of nitrogens with zero attached hydrogens (tertiary/aromatic N) is 2. The van der Waals surface area contributed by atoms with Gasteiger partial charge in [0.15, 0.2) is 5.52 Å². The van der Waals surface area contributed by atoms with E-state index in [0.29, 0.717) is 0 Å². The number of rotatable bonds is 1. The summed E-state index contributed by atoms with van der Waals surface area (Å²) in [6.45, 7) is 1.50. The Morgan fingerprint density at radius 1 is 1.50 bits per heavy atom. The number of hydrogen-bond acceptors (Lipinski definition) is 4. The molecule has 0 fully saturated rings. The van der Waals surface area contributed by atoms with E-state index in [0.717, 1.165) is 0 Å². The standard InChI is InChI=1S/C7H8N4O3/c1-3(12)11-2-8-4-5(11)9-7(14)10-6(4)13/h2-3,12H,1H3,(H2,9,10,13,14). The monoisotopic (exact) mass is 196 g/mol. The predicted molar refractivity (Wildman–Crippen MR) is 47.9 cm³/mol. The van der Waals surface area contributed by atoms with Crippen LogP contribution in [0.25, 0.3) is 11.2 Å². The third kappa shape index (κ3) is 1.14. The molecule has 74 valence electrons. The van der Waals surface area contributed by atoms with Crippen molar-refractivity contribution in [3.63, 3.8) is 0 Å². The van der Waals surface area contributed by atoms with E-state index in [4.69, 9.17) is 0 Å². The third-order valence-electron chi connectivity index (χ3n) is 1.87. The van der Waals surface area contributed by atoms with Crippen LogP contribution in [0.3, 0.4) is 0 Å². The highest BCUT2D eigenvalue weighted by Crippen LogP contribution is 2.08. The molecular formula is C7H8N4O3. The van der Waals surface area contributed by atoms with Gasteiger partial charge in [-0.2, -0.15) is 0 Å². The van der Waals surface area contributed by atoms with Crippen molar-refractivity contribution in [2.75, 3.05) is 0 Å². The lowest BCUT2D eigenvalue weighted by atomic mass is 10.5. The molecule has 1 atom stereocenters. The van der Waals surface area contributed by atoms with Gasteiger partial charge in [-0.05, 0) is 6.92 Å². The molecule has 0 amide bonds. The molecular weight excluding hydrogens is 188 g/mol. The number of fused-ring (bicyclic) bond motifs is 1. The van der Waals surface area contributed by atoms with Crippen LogP contribution in [0, 0.1) is 0 Å². The maximum Gasteiger partial charge on any atom is 0.327 e. The Morgan fingerprint density at radius 3 is 2.86 bits per heavy atom. The average molecular weight is 196 g/mol. The Balaban J connectivity index is 2.92. The molecule has 0 bridgehead atoms. The molecule has 2 aromatic heterocycles. The van der Waals surface area contributed by atoms with E-state index >= 15 is 0 Å². The van der Waals surface area contributed by atoms with Crippen LogP contribution >= 0.6 is 0 Å². The van der Waals surface area contributed by atoms with E-state index in [9.17, 15) is 14.7 Å². The number of imidazole rings is 1. The number of aromatic nitrogens is 4. The molecule has 0 saturated heterocycles. The Labute approximate surface area is 77.0 Å². The number of hydrogen-bond donors (Lipinski definition) is 3. The first-order valence-electron chi connectivity index (χ1n) is 3.97. The summed E-state index contributed by atoms with van der Waals surface area (Å²) >= 11 is 0. The highest BCUT2D eigenvalue weighted by molar-refractivity contribution is 5.68. The van der Waals surface area contributed by atoms with E-state index < -0.39 is 17.5 Å². The highest BCUT2D eigenvalue weighted by atomic mass is 16.3. The summed E-state index contributed by atoms with van der Waals surface area (Å²) in [5.74, 6) is 0. The second-order valence-electron chi connectivity index (χ2n) is 2.89. The second kappa shape index (κ2) is 2.81. The smallest absolute Gasteiger partial charge is 0.327 e. The third-order valence-corrected chi connectivity index (χ3v) is 1.87. The Hall–Kier alpha value is -1.89. The van der Waals surface area contributed by atoms with Gasteiger partial charge < -0.3 is 5.11 Å². The maximum atomic E-state index is 11.2. The first kappa shape index (κ1) is 8.70. The number of aliphatic hydroxyl groups is 1. The van der Waals surface area contributed by atoms with Gasteiger partial charge in [0, 0.05) is 0 Å². The normalized spacial score (nSPS) is 13.3. The zero-order valence-electron chi connectivity index (χ0n) is 7.31. The van der Waals surface area contributed by atoms with E-state index in [1.807, 2.05) is 4.98 Å². The van der Waals surface area contributed by atoms with Crippen LogP contribution in [0.15, 0.2) is 15.9 Å². The minimum absolute atomic E-state index is 0.102. The van der Waals surface area contributed by atoms with Crippen molar-refractivity contribution in [1.29, 1.82) is 0 Å². The van der Waals surface area contributed by atoms with Crippen LogP contribution in [0.1, 0.15) is 13.2 Å². The lowest BCUT2D eigenvalue weighted by Gasteiger charge is -2.05. The van der Waals surface area contributed by atoms with E-state index in [-0.39, 0.29) is 11.2 Å². The summed E-state index contributed by atoms with van der Waals surface area (Å²) in [5, 5.41) is 9.28. The summed E-state index contributed by atoms with van der Waals surface area (Å²) in [5.41, 5.74) is -0.868. The lowest BCUT2D eigenvalue weighted by molar-refractivity contribution is 0.128. The number of aliphatic hydroxyl groups excluding tert-OH is 1. The molecule has 0 radical (unpaired) electrons. The fraction of sp³-hybridized carbons (Fsp3) is 0.286. The van der Waals surface area contributed by atoms with E-state index in [2.05, 4.69) is 9.97 Å². The fourth-order valence-electron chi connectivity index (χ4n) is 1.24. The topological polar surface area (TPSA) is 104 Å². The summed E-state index contributed by atoms with van der Waals surface area (Å²) < 4.78 is 1.30. The molecule has 0 saturated carbocycles. The van der Waals surface area contributed by atoms with Crippen LogP contribution in [0.5, 0.6) is 0 Å². The van der Waals surface area contributed by atoms with Gasteiger partial charge in [0.25, 0.3) is 5.56 Å². The van der Waals surface area contributed by atoms with Crippen molar-refractivity contribution in [2.45, 2.75) is 13.2 Å². The summed E-state index contributed by atoms with van der Waals surface area (Å²) in [7, 11) is 0. The lowest BCUT2D eigenvalue weighted by Crippen LogP contribution is -2.22. The van der Waals surface area contributed by atoms with Crippen molar-refractivity contribution in [2.24, 2.45) is 0 Å². The zero-order valence-corrected chi connectivity index (χ0v) is 7.31. The van der Waals surface area contributed by atoms with Gasteiger partial charge in [-0.1, -0.05) is 0 Å². The number of H-pyrrole nitrogens is 2. The van der Waals surface area contributed by atoms with Gasteiger partial charge in [0.05, 0.1) is 6.33 Å². The van der Waals surface area contributed by atoms with Gasteiger partial charge in [-0.25, -0.2) is 9.78 Å². The molecule has 7 heteroatoms. The van der Waals surface area contributed by atoms with Gasteiger partial charge in [0.1, 0.15) is 11.9 Å². The maximum absolute atomic E-state index is 11.2. The predicted octanol–water partition coefficient (Wildman–Crippen LogP) is -1.08. The number of aromatic amines is 2. The van der Waals surface area contributed by atoms with Crippen molar-refractivity contribution in [3.8, 4) is 0 Å². The fourth-order valence-corrected chi connectivity index (χ4v) is 1.24. The molecule has 0 spiro atoms. The molecule has 2 heterocycles. The van der Waals surface area contributed by atoms with Crippen molar-refractivity contribution in [3.05, 3.63) is 27.2 Å². The van der Waals surface area contributed by atoms with Gasteiger partial charge >= 0.3 is 5.69 Å².